The zero-order valence-electron chi connectivity index (χ0n) is 8.22. The molecule has 1 fully saturated rings. The number of nitrogens with one attached hydrogen (secondary N) is 1. The molecule has 1 aliphatic heterocycles. The summed E-state index contributed by atoms with van der Waals surface area (Å²) in [7, 11) is 1.58. The van der Waals surface area contributed by atoms with Gasteiger partial charge in [0.25, 0.3) is 0 Å². The lowest BCUT2D eigenvalue weighted by Gasteiger charge is -2.13. The predicted octanol–water partition coefficient (Wildman–Crippen LogP) is 1.91. The van der Waals surface area contributed by atoms with Gasteiger partial charge in [-0.15, -0.1) is 0 Å². The van der Waals surface area contributed by atoms with Crippen LogP contribution in [0, 0.1) is 5.82 Å². The molecule has 0 aliphatic carbocycles. The molecule has 1 N–H and O–H groups in total. The van der Waals surface area contributed by atoms with Gasteiger partial charge in [-0.05, 0) is 24.6 Å². The molecule has 1 aliphatic rings. The van der Waals surface area contributed by atoms with E-state index < -0.39 is 0 Å². The van der Waals surface area contributed by atoms with Gasteiger partial charge in [0.15, 0.2) is 0 Å². The monoisotopic (exact) mass is 195 g/mol. The van der Waals surface area contributed by atoms with Crippen LogP contribution in [0.4, 0.5) is 4.39 Å². The molecular weight excluding hydrogens is 181 g/mol. The summed E-state index contributed by atoms with van der Waals surface area (Å²) in [5.41, 5.74) is 1.11. The Morgan fingerprint density at radius 3 is 3.00 bits per heavy atom. The Kier molecular flexibility index (Phi) is 2.68. The van der Waals surface area contributed by atoms with Crippen molar-refractivity contribution >= 4 is 0 Å². The topological polar surface area (TPSA) is 21.3 Å². The van der Waals surface area contributed by atoms with Crippen molar-refractivity contribution in [2.24, 2.45) is 0 Å². The quantitative estimate of drug-likeness (QED) is 0.778. The molecule has 14 heavy (non-hydrogen) atoms. The van der Waals surface area contributed by atoms with Gasteiger partial charge in [-0.3, -0.25) is 0 Å². The van der Waals surface area contributed by atoms with E-state index in [1.807, 2.05) is 6.07 Å². The van der Waals surface area contributed by atoms with Gasteiger partial charge in [-0.1, -0.05) is 6.07 Å². The molecule has 0 amide bonds. The molecule has 0 aromatic heterocycles. The van der Waals surface area contributed by atoms with E-state index in [9.17, 15) is 4.39 Å². The fourth-order valence-corrected chi connectivity index (χ4v) is 1.94. The second-order valence-corrected chi connectivity index (χ2v) is 3.58. The fourth-order valence-electron chi connectivity index (χ4n) is 1.94. The molecule has 1 aromatic carbocycles. The highest BCUT2D eigenvalue weighted by Crippen LogP contribution is 2.30. The Labute approximate surface area is 83.1 Å². The highest BCUT2D eigenvalue weighted by Gasteiger charge is 2.20. The standard InChI is InChI=1S/C11H14FNO/c1-14-11-6-9(12)2-3-10(11)8-4-5-13-7-8/h2-3,6,8,13H,4-5,7H2,1H3/t8-/m0/s1. The number of halogens is 1. The summed E-state index contributed by atoms with van der Waals surface area (Å²) in [6.07, 6.45) is 1.10. The van der Waals surface area contributed by atoms with E-state index in [0.717, 1.165) is 25.1 Å². The van der Waals surface area contributed by atoms with Crippen molar-refractivity contribution in [2.75, 3.05) is 20.2 Å². The third-order valence-corrected chi connectivity index (χ3v) is 2.70. The second-order valence-electron chi connectivity index (χ2n) is 3.58. The number of hydrogen-bond acceptors (Lipinski definition) is 2. The zero-order chi connectivity index (χ0) is 9.97. The van der Waals surface area contributed by atoms with Crippen molar-refractivity contribution in [2.45, 2.75) is 12.3 Å². The molecule has 0 saturated carbocycles. The number of methoxy groups -OCH3 is 1. The van der Waals surface area contributed by atoms with Gasteiger partial charge >= 0.3 is 0 Å². The minimum absolute atomic E-state index is 0.239. The van der Waals surface area contributed by atoms with E-state index in [0.29, 0.717) is 11.7 Å². The average molecular weight is 195 g/mol. The highest BCUT2D eigenvalue weighted by atomic mass is 19.1. The molecule has 1 heterocycles. The van der Waals surface area contributed by atoms with Crippen LogP contribution in [-0.4, -0.2) is 20.2 Å². The lowest BCUT2D eigenvalue weighted by molar-refractivity contribution is 0.403. The Morgan fingerprint density at radius 2 is 2.36 bits per heavy atom. The van der Waals surface area contributed by atoms with Gasteiger partial charge in [0.2, 0.25) is 0 Å². The van der Waals surface area contributed by atoms with Crippen molar-refractivity contribution in [3.63, 3.8) is 0 Å². The zero-order valence-corrected chi connectivity index (χ0v) is 8.22. The summed E-state index contributed by atoms with van der Waals surface area (Å²) in [4.78, 5) is 0. The summed E-state index contributed by atoms with van der Waals surface area (Å²) in [5.74, 6) is 0.890. The van der Waals surface area contributed by atoms with E-state index in [4.69, 9.17) is 4.74 Å². The molecule has 0 unspecified atom stereocenters. The maximum absolute atomic E-state index is 12.9. The van der Waals surface area contributed by atoms with Gasteiger partial charge < -0.3 is 10.1 Å². The Morgan fingerprint density at radius 1 is 1.50 bits per heavy atom. The van der Waals surface area contributed by atoms with Crippen LogP contribution in [0.2, 0.25) is 0 Å². The largest absolute Gasteiger partial charge is 0.496 e. The first-order valence-corrected chi connectivity index (χ1v) is 4.85. The van der Waals surface area contributed by atoms with Gasteiger partial charge in [0.1, 0.15) is 11.6 Å². The van der Waals surface area contributed by atoms with E-state index in [1.54, 1.807) is 7.11 Å². The molecule has 76 valence electrons. The van der Waals surface area contributed by atoms with Gasteiger partial charge in [0, 0.05) is 18.5 Å². The van der Waals surface area contributed by atoms with E-state index in [2.05, 4.69) is 5.32 Å². The van der Waals surface area contributed by atoms with Crippen molar-refractivity contribution in [1.29, 1.82) is 0 Å². The molecule has 1 atom stereocenters. The minimum atomic E-state index is -0.239. The summed E-state index contributed by atoms with van der Waals surface area (Å²) in [6.45, 7) is 1.99. The first-order chi connectivity index (χ1) is 6.81. The molecule has 2 rings (SSSR count). The van der Waals surface area contributed by atoms with Crippen LogP contribution in [-0.2, 0) is 0 Å². The number of benzene rings is 1. The molecule has 3 heteroatoms. The molecular formula is C11H14FNO. The maximum Gasteiger partial charge on any atom is 0.126 e. The van der Waals surface area contributed by atoms with Crippen molar-refractivity contribution in [1.82, 2.24) is 5.32 Å². The fraction of sp³-hybridized carbons (Fsp3) is 0.455. The molecule has 2 nitrogen and oxygen atoms in total. The van der Waals surface area contributed by atoms with Gasteiger partial charge in [-0.25, -0.2) is 4.39 Å². The maximum atomic E-state index is 12.9. The van der Waals surface area contributed by atoms with E-state index >= 15 is 0 Å². The normalized spacial score (nSPS) is 21.1. The number of hydrogen-bond donors (Lipinski definition) is 1. The van der Waals surface area contributed by atoms with Crippen LogP contribution in [0.15, 0.2) is 18.2 Å². The second kappa shape index (κ2) is 3.96. The molecule has 0 radical (unpaired) electrons. The third kappa shape index (κ3) is 1.73. The van der Waals surface area contributed by atoms with Crippen molar-refractivity contribution in [3.8, 4) is 5.75 Å². The van der Waals surface area contributed by atoms with Crippen molar-refractivity contribution in [3.05, 3.63) is 29.6 Å². The molecule has 1 saturated heterocycles. The molecule has 0 bridgehead atoms. The lowest BCUT2D eigenvalue weighted by Crippen LogP contribution is -2.08. The Balaban J connectivity index is 2.31. The highest BCUT2D eigenvalue weighted by molar-refractivity contribution is 5.37. The van der Waals surface area contributed by atoms with Crippen LogP contribution >= 0.6 is 0 Å². The summed E-state index contributed by atoms with van der Waals surface area (Å²) < 4.78 is 18.1. The van der Waals surface area contributed by atoms with Crippen molar-refractivity contribution < 1.29 is 9.13 Å². The predicted molar refractivity (Wildman–Crippen MR) is 53.2 cm³/mol. The smallest absolute Gasteiger partial charge is 0.126 e. The number of rotatable bonds is 2. The molecule has 1 aromatic rings. The first-order valence-electron chi connectivity index (χ1n) is 4.85. The first kappa shape index (κ1) is 9.46. The third-order valence-electron chi connectivity index (χ3n) is 2.70. The van der Waals surface area contributed by atoms with Crippen LogP contribution in [0.3, 0.4) is 0 Å². The Hall–Kier alpha value is -1.09. The van der Waals surface area contributed by atoms with Gasteiger partial charge in [0.05, 0.1) is 7.11 Å². The lowest BCUT2D eigenvalue weighted by atomic mass is 9.97. The van der Waals surface area contributed by atoms with Crippen LogP contribution in [0.25, 0.3) is 0 Å². The summed E-state index contributed by atoms with van der Waals surface area (Å²) in [5, 5.41) is 3.29. The molecule has 0 spiro atoms. The summed E-state index contributed by atoms with van der Waals surface area (Å²) >= 11 is 0. The summed E-state index contributed by atoms with van der Waals surface area (Å²) in [6, 6.07) is 4.77. The SMILES string of the molecule is COc1cc(F)ccc1[C@H]1CCNC1. The minimum Gasteiger partial charge on any atom is -0.496 e. The van der Waals surface area contributed by atoms with Crippen LogP contribution < -0.4 is 10.1 Å². The van der Waals surface area contributed by atoms with E-state index in [-0.39, 0.29) is 5.82 Å². The Bertz CT molecular complexity index is 321. The number of ether oxygens (including phenoxy) is 1. The van der Waals surface area contributed by atoms with Crippen LogP contribution in [0.5, 0.6) is 5.75 Å². The van der Waals surface area contributed by atoms with E-state index in [1.165, 1.54) is 12.1 Å². The van der Waals surface area contributed by atoms with Gasteiger partial charge in [-0.2, -0.15) is 0 Å². The average Bonchev–Trinajstić information content (AvgIpc) is 2.70. The van der Waals surface area contributed by atoms with Crippen LogP contribution in [0.1, 0.15) is 17.9 Å².